The summed E-state index contributed by atoms with van der Waals surface area (Å²) in [6.07, 6.45) is 0. The topological polar surface area (TPSA) is 104 Å². The van der Waals surface area contributed by atoms with Gasteiger partial charge >= 0.3 is 0 Å². The number of hydrogen-bond acceptors (Lipinski definition) is 7. The third kappa shape index (κ3) is 2.90. The summed E-state index contributed by atoms with van der Waals surface area (Å²) in [6.45, 7) is 2.39. The minimum Gasteiger partial charge on any atom is -0.493 e. The third-order valence-corrected chi connectivity index (χ3v) is 5.54. The number of rotatable bonds is 5. The Labute approximate surface area is 166 Å². The molecule has 2 unspecified atom stereocenters. The van der Waals surface area contributed by atoms with Gasteiger partial charge in [0, 0.05) is 5.92 Å². The molecule has 4 rings (SSSR count). The summed E-state index contributed by atoms with van der Waals surface area (Å²) < 4.78 is 16.6. The van der Waals surface area contributed by atoms with E-state index in [1.54, 1.807) is 18.4 Å². The van der Waals surface area contributed by atoms with Gasteiger partial charge in [-0.3, -0.25) is 10.5 Å². The smallest absolute Gasteiger partial charge is 0.244 e. The highest BCUT2D eigenvalue weighted by atomic mass is 32.1. The molecular weight excluding hydrogens is 376 g/mol. The van der Waals surface area contributed by atoms with E-state index in [0.717, 1.165) is 21.7 Å². The van der Waals surface area contributed by atoms with Crippen LogP contribution < -0.4 is 14.2 Å². The van der Waals surface area contributed by atoms with Crippen molar-refractivity contribution in [3.05, 3.63) is 46.8 Å². The normalized spacial score (nSPS) is 18.1. The molecule has 7 nitrogen and oxygen atoms in total. The molecule has 0 bridgehead atoms. The van der Waals surface area contributed by atoms with Crippen LogP contribution in [0.15, 0.2) is 35.7 Å². The van der Waals surface area contributed by atoms with E-state index in [4.69, 9.17) is 19.6 Å². The van der Waals surface area contributed by atoms with Gasteiger partial charge in [-0.2, -0.15) is 5.26 Å². The minimum atomic E-state index is -0.772. The van der Waals surface area contributed by atoms with Crippen molar-refractivity contribution in [2.24, 2.45) is 5.92 Å². The van der Waals surface area contributed by atoms with Crippen molar-refractivity contribution in [2.45, 2.75) is 12.8 Å². The molecule has 1 aliphatic heterocycles. The number of aromatic nitrogens is 2. The van der Waals surface area contributed by atoms with Gasteiger partial charge in [0.25, 0.3) is 0 Å². The average molecular weight is 394 g/mol. The number of nitriles is 1. The van der Waals surface area contributed by atoms with E-state index >= 15 is 0 Å². The molecule has 28 heavy (non-hydrogen) atoms. The van der Waals surface area contributed by atoms with Gasteiger partial charge in [0.1, 0.15) is 5.92 Å². The Balaban J connectivity index is 1.91. The molecule has 0 saturated heterocycles. The number of nitrogens with zero attached hydrogens (tertiary/aromatic N) is 2. The van der Waals surface area contributed by atoms with Crippen LogP contribution in [0.2, 0.25) is 0 Å². The van der Waals surface area contributed by atoms with E-state index in [1.165, 1.54) is 0 Å². The van der Waals surface area contributed by atoms with E-state index in [0.29, 0.717) is 24.0 Å². The highest BCUT2D eigenvalue weighted by molar-refractivity contribution is 7.13. The zero-order chi connectivity index (χ0) is 19.7. The van der Waals surface area contributed by atoms with Gasteiger partial charge in [-0.15, -0.1) is 16.4 Å². The Bertz CT molecular complexity index is 1050. The maximum absolute atomic E-state index is 9.80. The van der Waals surface area contributed by atoms with Gasteiger partial charge in [-0.1, -0.05) is 12.1 Å². The number of ether oxygens (including phenoxy) is 3. The molecule has 0 spiro atoms. The summed E-state index contributed by atoms with van der Waals surface area (Å²) in [7, 11) is 1.59. The summed E-state index contributed by atoms with van der Waals surface area (Å²) in [6, 6.07) is 11.7. The van der Waals surface area contributed by atoms with Crippen molar-refractivity contribution in [1.29, 1.82) is 10.7 Å². The van der Waals surface area contributed by atoms with E-state index in [1.807, 2.05) is 42.6 Å². The first-order chi connectivity index (χ1) is 13.7. The van der Waals surface area contributed by atoms with E-state index in [9.17, 15) is 5.26 Å². The van der Waals surface area contributed by atoms with Gasteiger partial charge in [0.2, 0.25) is 11.8 Å². The lowest BCUT2D eigenvalue weighted by Crippen LogP contribution is -2.30. The minimum absolute atomic E-state index is 0.113. The largest absolute Gasteiger partial charge is 0.493 e. The number of hydrogen-bond donors (Lipinski definition) is 2. The fraction of sp³-hybridized carbons (Fsp3) is 0.250. The van der Waals surface area contributed by atoms with Gasteiger partial charge in [-0.25, -0.2) is 0 Å². The summed E-state index contributed by atoms with van der Waals surface area (Å²) >= 11 is 1.57. The molecule has 3 heterocycles. The molecule has 0 saturated carbocycles. The summed E-state index contributed by atoms with van der Waals surface area (Å²) in [4.78, 5) is 0.992. The Morgan fingerprint density at radius 1 is 1.36 bits per heavy atom. The predicted octanol–water partition coefficient (Wildman–Crippen LogP) is 4.19. The average Bonchev–Trinajstić information content (AvgIpc) is 3.36. The lowest BCUT2D eigenvalue weighted by atomic mass is 9.79. The molecule has 3 aromatic rings. The second-order valence-corrected chi connectivity index (χ2v) is 7.14. The molecule has 1 aromatic carbocycles. The van der Waals surface area contributed by atoms with Crippen LogP contribution in [0, 0.1) is 22.7 Å². The first-order valence-corrected chi connectivity index (χ1v) is 9.64. The van der Waals surface area contributed by atoms with Gasteiger partial charge in [0.15, 0.2) is 11.5 Å². The first kappa shape index (κ1) is 18.1. The Morgan fingerprint density at radius 2 is 2.21 bits per heavy atom. The highest BCUT2D eigenvalue weighted by Crippen LogP contribution is 2.47. The van der Waals surface area contributed by atoms with Crippen LogP contribution in [0.25, 0.3) is 10.6 Å². The monoisotopic (exact) mass is 394 g/mol. The van der Waals surface area contributed by atoms with E-state index in [-0.39, 0.29) is 5.90 Å². The standard InChI is InChI=1S/C20H18N4O3S/c1-3-26-14-9-11(6-7-13(14)25-2)16-12(10-21)19(22)27-20-17(16)18(23-24-20)15-5-4-8-28-15/h4-9,12,16,22H,3H2,1-2H3,(H,23,24). The van der Waals surface area contributed by atoms with Crippen LogP contribution in [0.5, 0.6) is 17.4 Å². The van der Waals surface area contributed by atoms with Crippen LogP contribution in [0.1, 0.15) is 24.0 Å². The van der Waals surface area contributed by atoms with Crippen LogP contribution in [-0.4, -0.2) is 29.8 Å². The molecule has 2 N–H and O–H groups in total. The van der Waals surface area contributed by atoms with Gasteiger partial charge in [-0.05, 0) is 36.1 Å². The molecule has 0 aliphatic carbocycles. The number of methoxy groups -OCH3 is 1. The summed E-state index contributed by atoms with van der Waals surface area (Å²) in [5.41, 5.74) is 2.42. The lowest BCUT2D eigenvalue weighted by Gasteiger charge is -2.28. The van der Waals surface area contributed by atoms with Crippen molar-refractivity contribution in [3.63, 3.8) is 0 Å². The Kier molecular flexibility index (Phi) is 4.75. The Morgan fingerprint density at radius 3 is 2.89 bits per heavy atom. The van der Waals surface area contributed by atoms with Crippen molar-refractivity contribution in [3.8, 4) is 34.0 Å². The summed E-state index contributed by atoms with van der Waals surface area (Å²) in [5, 5.41) is 27.2. The molecule has 1 aliphatic rings. The third-order valence-electron chi connectivity index (χ3n) is 4.66. The molecule has 2 aromatic heterocycles. The first-order valence-electron chi connectivity index (χ1n) is 8.76. The van der Waals surface area contributed by atoms with Gasteiger partial charge in [0.05, 0.1) is 35.9 Å². The van der Waals surface area contributed by atoms with Crippen LogP contribution in [0.3, 0.4) is 0 Å². The van der Waals surface area contributed by atoms with Crippen molar-refractivity contribution in [1.82, 2.24) is 10.2 Å². The molecular formula is C20H18N4O3S. The molecule has 142 valence electrons. The molecule has 2 atom stereocenters. The van der Waals surface area contributed by atoms with Crippen molar-refractivity contribution < 1.29 is 14.2 Å². The second kappa shape index (κ2) is 7.37. The molecule has 0 amide bonds. The number of benzene rings is 1. The number of aromatic amines is 1. The maximum atomic E-state index is 9.80. The quantitative estimate of drug-likeness (QED) is 0.675. The number of fused-ring (bicyclic) bond motifs is 1. The van der Waals surface area contributed by atoms with Crippen molar-refractivity contribution in [2.75, 3.05) is 13.7 Å². The number of nitrogens with one attached hydrogen (secondary N) is 2. The maximum Gasteiger partial charge on any atom is 0.244 e. The summed E-state index contributed by atoms with van der Waals surface area (Å²) in [5.74, 6) is 0.248. The molecule has 0 radical (unpaired) electrons. The zero-order valence-corrected chi connectivity index (χ0v) is 16.2. The molecule has 0 fully saturated rings. The molecule has 8 heteroatoms. The predicted molar refractivity (Wildman–Crippen MR) is 105 cm³/mol. The van der Waals surface area contributed by atoms with Gasteiger partial charge < -0.3 is 14.2 Å². The SMILES string of the molecule is CCOc1cc(C2c3c(n[nH]c3-c3cccs3)OC(=N)C2C#N)ccc1OC. The highest BCUT2D eigenvalue weighted by Gasteiger charge is 2.41. The van der Waals surface area contributed by atoms with Crippen molar-refractivity contribution >= 4 is 17.2 Å². The van der Waals surface area contributed by atoms with E-state index < -0.39 is 11.8 Å². The fourth-order valence-corrected chi connectivity index (χ4v) is 4.18. The second-order valence-electron chi connectivity index (χ2n) is 6.19. The number of H-pyrrole nitrogens is 1. The van der Waals surface area contributed by atoms with Crippen LogP contribution >= 0.6 is 11.3 Å². The van der Waals surface area contributed by atoms with E-state index in [2.05, 4.69) is 16.3 Å². The van der Waals surface area contributed by atoms with Crippen LogP contribution in [-0.2, 0) is 0 Å². The van der Waals surface area contributed by atoms with Crippen LogP contribution in [0.4, 0.5) is 0 Å². The lowest BCUT2D eigenvalue weighted by molar-refractivity contribution is 0.310. The zero-order valence-electron chi connectivity index (χ0n) is 15.4. The Hall–Kier alpha value is -3.31. The number of thiophene rings is 1. The fourth-order valence-electron chi connectivity index (χ4n) is 3.44.